The lowest BCUT2D eigenvalue weighted by Gasteiger charge is -2.51. The Labute approximate surface area is 284 Å². The van der Waals surface area contributed by atoms with Gasteiger partial charge in [0.25, 0.3) is 0 Å². The Balaban J connectivity index is 2.37. The summed E-state index contributed by atoms with van der Waals surface area (Å²) in [6.07, 6.45) is -10.7. The minimum atomic E-state index is -1.39. The molecule has 0 radical (unpaired) electrons. The van der Waals surface area contributed by atoms with Crippen LogP contribution in [0.2, 0.25) is 0 Å². The van der Waals surface area contributed by atoms with Crippen LogP contribution in [0.5, 0.6) is 0 Å². The summed E-state index contributed by atoms with van der Waals surface area (Å²) in [7, 11) is 1.48. The number of aliphatic hydroxyl groups excluding tert-OH is 6. The van der Waals surface area contributed by atoms with E-state index in [1.165, 1.54) is 7.11 Å². The molecule has 11 unspecified atom stereocenters. The zero-order chi connectivity index (χ0) is 35.9. The molecule has 0 spiro atoms. The van der Waals surface area contributed by atoms with Crippen LogP contribution in [0.3, 0.4) is 0 Å². The molecule has 0 aromatic heterocycles. The fraction of sp³-hybridized carbons (Fsp3) is 1.00. The molecule has 2 aliphatic heterocycles. The van der Waals surface area contributed by atoms with Gasteiger partial charge in [-0.2, -0.15) is 0 Å². The maximum Gasteiger partial charge on any atom is 0.187 e. The largest absolute Gasteiger partial charge is 0.394 e. The first-order valence-electron chi connectivity index (χ1n) is 16.6. The van der Waals surface area contributed by atoms with Crippen LogP contribution in [0.25, 0.3) is 0 Å². The predicted molar refractivity (Wildman–Crippen MR) is 169 cm³/mol. The van der Waals surface area contributed by atoms with E-state index in [9.17, 15) is 30.6 Å². The third kappa shape index (κ3) is 14.2. The lowest BCUT2D eigenvalue weighted by Crippen LogP contribution is -2.66. The first kappa shape index (κ1) is 43.5. The molecule has 0 aromatic rings. The first-order valence-corrected chi connectivity index (χ1v) is 16.6. The van der Waals surface area contributed by atoms with Crippen LogP contribution in [0, 0.1) is 11.3 Å². The molecule has 11 atom stereocenters. The summed E-state index contributed by atoms with van der Waals surface area (Å²) in [5, 5.41) is 61.6. The van der Waals surface area contributed by atoms with Gasteiger partial charge in [0.1, 0.15) is 36.6 Å². The van der Waals surface area contributed by atoms with E-state index in [1.807, 2.05) is 41.5 Å². The number of rotatable bonds is 22. The molecule has 0 aromatic carbocycles. The van der Waals surface area contributed by atoms with E-state index in [1.54, 1.807) is 0 Å². The van der Waals surface area contributed by atoms with Crippen molar-refractivity contribution in [1.82, 2.24) is 0 Å². The van der Waals surface area contributed by atoms with Crippen molar-refractivity contribution in [3.8, 4) is 0 Å². The molecule has 0 amide bonds. The Morgan fingerprint density at radius 1 is 0.646 bits per heavy atom. The Hall–Kier alpha value is -0.640. The summed E-state index contributed by atoms with van der Waals surface area (Å²) in [5.74, 6) is -0.501. The van der Waals surface area contributed by atoms with E-state index in [0.717, 1.165) is 0 Å². The minimum absolute atomic E-state index is 0.0329. The summed E-state index contributed by atoms with van der Waals surface area (Å²) in [4.78, 5) is 0. The van der Waals surface area contributed by atoms with Crippen molar-refractivity contribution in [2.24, 2.45) is 11.3 Å². The number of methoxy groups -OCH3 is 1. The lowest BCUT2D eigenvalue weighted by molar-refractivity contribution is -0.374. The van der Waals surface area contributed by atoms with Crippen LogP contribution in [-0.4, -0.2) is 184 Å². The van der Waals surface area contributed by atoms with Crippen molar-refractivity contribution in [3.05, 3.63) is 0 Å². The van der Waals surface area contributed by atoms with Gasteiger partial charge in [-0.1, -0.05) is 20.8 Å². The maximum atomic E-state index is 11.8. The normalized spacial score (nSPS) is 32.4. The Bertz CT molecular complexity index is 836. The van der Waals surface area contributed by atoms with Crippen LogP contribution in [-0.2, 0) is 47.4 Å². The maximum absolute atomic E-state index is 11.8. The fourth-order valence-corrected chi connectivity index (χ4v) is 5.81. The van der Waals surface area contributed by atoms with Crippen molar-refractivity contribution in [1.29, 1.82) is 0 Å². The number of ether oxygens (including phenoxy) is 10. The summed E-state index contributed by atoms with van der Waals surface area (Å²) >= 11 is 0. The van der Waals surface area contributed by atoms with Crippen LogP contribution in [0.1, 0.15) is 41.5 Å². The standard InChI is InChI=1S/C32H62O16/c1-31(2,3)23-21(18-40-11-8-33)45-29(27(24(23)37)43-12-9-34)47-26-22(19-42-15-14-41-17-20(36)16-39-7)46-30(48-32(4,5)6)28(25(26)38)44-13-10-35/h20-30,33-38H,8-19H2,1-7H3. The second-order valence-electron chi connectivity index (χ2n) is 14.0. The Morgan fingerprint density at radius 3 is 1.75 bits per heavy atom. The quantitative estimate of drug-likeness (QED) is 0.0733. The van der Waals surface area contributed by atoms with Gasteiger partial charge in [-0.25, -0.2) is 0 Å². The average molecular weight is 703 g/mol. The predicted octanol–water partition coefficient (Wildman–Crippen LogP) is -1.17. The smallest absolute Gasteiger partial charge is 0.187 e. The molecular formula is C32H62O16. The highest BCUT2D eigenvalue weighted by Crippen LogP contribution is 2.41. The van der Waals surface area contributed by atoms with Gasteiger partial charge in [0.15, 0.2) is 12.6 Å². The van der Waals surface area contributed by atoms with Crippen molar-refractivity contribution < 1.29 is 78.0 Å². The third-order valence-corrected chi connectivity index (χ3v) is 7.70. The number of aliphatic hydroxyl groups is 6. The summed E-state index contributed by atoms with van der Waals surface area (Å²) < 4.78 is 58.8. The van der Waals surface area contributed by atoms with E-state index < -0.39 is 78.3 Å². The van der Waals surface area contributed by atoms with Crippen LogP contribution < -0.4 is 0 Å². The van der Waals surface area contributed by atoms with Gasteiger partial charge in [-0.05, 0) is 26.2 Å². The van der Waals surface area contributed by atoms with Crippen molar-refractivity contribution in [2.75, 3.05) is 86.4 Å². The van der Waals surface area contributed by atoms with Crippen molar-refractivity contribution in [3.63, 3.8) is 0 Å². The zero-order valence-corrected chi connectivity index (χ0v) is 29.6. The molecule has 6 N–H and O–H groups in total. The fourth-order valence-electron chi connectivity index (χ4n) is 5.81. The summed E-state index contributed by atoms with van der Waals surface area (Å²) in [5.41, 5.74) is -1.19. The lowest BCUT2D eigenvalue weighted by atomic mass is 9.71. The molecule has 48 heavy (non-hydrogen) atoms. The first-order chi connectivity index (χ1) is 22.7. The second-order valence-corrected chi connectivity index (χ2v) is 14.0. The van der Waals surface area contributed by atoms with Gasteiger partial charge in [-0.15, -0.1) is 0 Å². The van der Waals surface area contributed by atoms with Gasteiger partial charge in [0.05, 0.1) is 97.1 Å². The third-order valence-electron chi connectivity index (χ3n) is 7.70. The highest BCUT2D eigenvalue weighted by Gasteiger charge is 2.54. The average Bonchev–Trinajstić information content (AvgIpc) is 2.99. The molecule has 286 valence electrons. The Kier molecular flexibility index (Phi) is 19.6. The van der Waals surface area contributed by atoms with Crippen LogP contribution in [0.4, 0.5) is 0 Å². The van der Waals surface area contributed by atoms with E-state index >= 15 is 0 Å². The molecule has 2 rings (SSSR count). The van der Waals surface area contributed by atoms with E-state index in [0.29, 0.717) is 0 Å². The second kappa shape index (κ2) is 21.7. The molecule has 0 aliphatic carbocycles. The van der Waals surface area contributed by atoms with E-state index in [-0.39, 0.29) is 79.3 Å². The SMILES string of the molecule is COCC(O)COCCOCC1OC(OC(C)(C)C)C(OCCO)C(O)C1OC1OC(COCCO)C(C(C)(C)C)C(O)C1OCCO. The van der Waals surface area contributed by atoms with Gasteiger partial charge < -0.3 is 78.0 Å². The van der Waals surface area contributed by atoms with Gasteiger partial charge in [0.2, 0.25) is 0 Å². The molecule has 16 nitrogen and oxygen atoms in total. The van der Waals surface area contributed by atoms with Crippen LogP contribution in [0.15, 0.2) is 0 Å². The highest BCUT2D eigenvalue weighted by atomic mass is 16.8. The van der Waals surface area contributed by atoms with Gasteiger partial charge in [0, 0.05) is 13.0 Å². The van der Waals surface area contributed by atoms with Crippen molar-refractivity contribution in [2.45, 2.75) is 109 Å². The number of hydrogen-bond acceptors (Lipinski definition) is 16. The topological polar surface area (TPSA) is 214 Å². The number of hydrogen-bond donors (Lipinski definition) is 6. The molecule has 16 heteroatoms. The molecular weight excluding hydrogens is 640 g/mol. The van der Waals surface area contributed by atoms with Crippen molar-refractivity contribution >= 4 is 0 Å². The van der Waals surface area contributed by atoms with E-state index in [2.05, 4.69) is 0 Å². The molecule has 2 aliphatic rings. The minimum Gasteiger partial charge on any atom is -0.394 e. The van der Waals surface area contributed by atoms with Gasteiger partial charge in [-0.3, -0.25) is 0 Å². The van der Waals surface area contributed by atoms with Crippen LogP contribution >= 0.6 is 0 Å². The highest BCUT2D eigenvalue weighted by molar-refractivity contribution is 4.98. The van der Waals surface area contributed by atoms with E-state index in [4.69, 9.17) is 47.4 Å². The monoisotopic (exact) mass is 702 g/mol. The molecule has 0 bridgehead atoms. The molecule has 2 heterocycles. The molecule has 0 saturated carbocycles. The summed E-state index contributed by atoms with van der Waals surface area (Å²) in [6, 6.07) is 0. The molecule has 2 fully saturated rings. The Morgan fingerprint density at radius 2 is 1.19 bits per heavy atom. The molecule has 2 saturated heterocycles. The van der Waals surface area contributed by atoms with Gasteiger partial charge >= 0.3 is 0 Å². The summed E-state index contributed by atoms with van der Waals surface area (Å²) in [6.45, 7) is 10.7. The zero-order valence-electron chi connectivity index (χ0n) is 29.6.